The molecular formula is C15H16ClNO2. The van der Waals surface area contributed by atoms with Crippen molar-refractivity contribution in [2.24, 2.45) is 0 Å². The van der Waals surface area contributed by atoms with Crippen LogP contribution in [-0.4, -0.2) is 6.61 Å². The molecule has 2 aromatic rings. The van der Waals surface area contributed by atoms with Gasteiger partial charge in [-0.05, 0) is 31.2 Å². The minimum Gasteiger partial charge on any atom is -0.494 e. The Bertz CT molecular complexity index is 558. The van der Waals surface area contributed by atoms with Crippen LogP contribution in [0.5, 0.6) is 11.5 Å². The molecule has 0 atom stereocenters. The van der Waals surface area contributed by atoms with E-state index in [1.165, 1.54) is 0 Å². The molecule has 0 unspecified atom stereocenters. The molecule has 0 bridgehead atoms. The fourth-order valence-electron chi connectivity index (χ4n) is 1.68. The maximum atomic E-state index is 5.87. The van der Waals surface area contributed by atoms with E-state index in [2.05, 4.69) is 0 Å². The lowest BCUT2D eigenvalue weighted by atomic mass is 10.2. The molecule has 0 radical (unpaired) electrons. The molecule has 0 saturated carbocycles. The second kappa shape index (κ2) is 6.34. The van der Waals surface area contributed by atoms with Crippen LogP contribution in [0, 0.1) is 0 Å². The standard InChI is InChI=1S/C15H16ClNO2/c1-2-18-13-4-3-5-14(9-13)19-10-11-6-7-12(16)8-15(11)17/h3-9H,2,10,17H2,1H3. The van der Waals surface area contributed by atoms with Crippen molar-refractivity contribution in [1.82, 2.24) is 0 Å². The van der Waals surface area contributed by atoms with E-state index < -0.39 is 0 Å². The minimum atomic E-state index is 0.401. The van der Waals surface area contributed by atoms with Crippen LogP contribution in [0.1, 0.15) is 12.5 Å². The molecular weight excluding hydrogens is 262 g/mol. The number of nitrogen functional groups attached to an aromatic ring is 1. The first-order valence-corrected chi connectivity index (χ1v) is 6.46. The molecule has 2 rings (SSSR count). The number of anilines is 1. The maximum absolute atomic E-state index is 5.87. The van der Waals surface area contributed by atoms with Gasteiger partial charge in [0.05, 0.1) is 6.61 Å². The molecule has 0 spiro atoms. The second-order valence-electron chi connectivity index (χ2n) is 4.04. The Hall–Kier alpha value is -1.87. The third-order valence-corrected chi connectivity index (χ3v) is 2.85. The molecule has 0 aliphatic carbocycles. The highest BCUT2D eigenvalue weighted by atomic mass is 35.5. The van der Waals surface area contributed by atoms with Gasteiger partial charge in [-0.3, -0.25) is 0 Å². The quantitative estimate of drug-likeness (QED) is 0.843. The highest BCUT2D eigenvalue weighted by Gasteiger charge is 2.02. The molecule has 0 saturated heterocycles. The first-order chi connectivity index (χ1) is 9.19. The average Bonchev–Trinajstić information content (AvgIpc) is 2.38. The van der Waals surface area contributed by atoms with E-state index in [1.54, 1.807) is 12.1 Å². The Morgan fingerprint density at radius 1 is 1.05 bits per heavy atom. The van der Waals surface area contributed by atoms with E-state index >= 15 is 0 Å². The third kappa shape index (κ3) is 3.80. The van der Waals surface area contributed by atoms with Crippen molar-refractivity contribution in [2.75, 3.05) is 12.3 Å². The molecule has 0 aliphatic rings. The third-order valence-electron chi connectivity index (χ3n) is 2.62. The van der Waals surface area contributed by atoms with Gasteiger partial charge in [-0.1, -0.05) is 23.7 Å². The zero-order valence-corrected chi connectivity index (χ0v) is 11.5. The van der Waals surface area contributed by atoms with Crippen molar-refractivity contribution in [3.63, 3.8) is 0 Å². The Morgan fingerprint density at radius 2 is 1.79 bits per heavy atom. The maximum Gasteiger partial charge on any atom is 0.123 e. The van der Waals surface area contributed by atoms with Crippen molar-refractivity contribution < 1.29 is 9.47 Å². The smallest absolute Gasteiger partial charge is 0.123 e. The second-order valence-corrected chi connectivity index (χ2v) is 4.48. The zero-order valence-electron chi connectivity index (χ0n) is 10.7. The summed E-state index contributed by atoms with van der Waals surface area (Å²) < 4.78 is 11.1. The zero-order chi connectivity index (χ0) is 13.7. The fraction of sp³-hybridized carbons (Fsp3) is 0.200. The van der Waals surface area contributed by atoms with Crippen LogP contribution in [0.25, 0.3) is 0 Å². The van der Waals surface area contributed by atoms with Gasteiger partial charge >= 0.3 is 0 Å². The summed E-state index contributed by atoms with van der Waals surface area (Å²) in [7, 11) is 0. The minimum absolute atomic E-state index is 0.401. The van der Waals surface area contributed by atoms with Gasteiger partial charge in [0.2, 0.25) is 0 Å². The van der Waals surface area contributed by atoms with Gasteiger partial charge in [-0.25, -0.2) is 0 Å². The van der Waals surface area contributed by atoms with Gasteiger partial charge in [0.15, 0.2) is 0 Å². The summed E-state index contributed by atoms with van der Waals surface area (Å²) in [6.45, 7) is 2.98. The lowest BCUT2D eigenvalue weighted by molar-refractivity contribution is 0.300. The average molecular weight is 278 g/mol. The van der Waals surface area contributed by atoms with E-state index in [9.17, 15) is 0 Å². The molecule has 0 heterocycles. The molecule has 2 N–H and O–H groups in total. The predicted molar refractivity (Wildman–Crippen MR) is 77.8 cm³/mol. The number of benzene rings is 2. The van der Waals surface area contributed by atoms with Gasteiger partial charge in [-0.2, -0.15) is 0 Å². The van der Waals surface area contributed by atoms with Gasteiger partial charge in [0.25, 0.3) is 0 Å². The van der Waals surface area contributed by atoms with Crippen molar-refractivity contribution in [2.45, 2.75) is 13.5 Å². The number of hydrogen-bond donors (Lipinski definition) is 1. The van der Waals surface area contributed by atoms with Crippen molar-refractivity contribution in [1.29, 1.82) is 0 Å². The summed E-state index contributed by atoms with van der Waals surface area (Å²) >= 11 is 5.85. The van der Waals surface area contributed by atoms with Gasteiger partial charge in [-0.15, -0.1) is 0 Å². The molecule has 0 fully saturated rings. The highest BCUT2D eigenvalue weighted by Crippen LogP contribution is 2.23. The van der Waals surface area contributed by atoms with Crippen molar-refractivity contribution in [3.8, 4) is 11.5 Å². The van der Waals surface area contributed by atoms with E-state index in [1.807, 2.05) is 37.3 Å². The molecule has 3 nitrogen and oxygen atoms in total. The number of nitrogens with two attached hydrogens (primary N) is 1. The van der Waals surface area contributed by atoms with Gasteiger partial charge in [0, 0.05) is 22.3 Å². The number of ether oxygens (including phenoxy) is 2. The largest absolute Gasteiger partial charge is 0.494 e. The molecule has 2 aromatic carbocycles. The summed E-state index contributed by atoms with van der Waals surface area (Å²) in [5.74, 6) is 1.55. The Morgan fingerprint density at radius 3 is 2.47 bits per heavy atom. The van der Waals surface area contributed by atoms with E-state index in [0.717, 1.165) is 17.1 Å². The fourth-order valence-corrected chi connectivity index (χ4v) is 1.86. The molecule has 0 aromatic heterocycles. The summed E-state index contributed by atoms with van der Waals surface area (Å²) in [6, 6.07) is 12.9. The monoisotopic (exact) mass is 277 g/mol. The molecule has 0 aliphatic heterocycles. The summed E-state index contributed by atoms with van der Waals surface area (Å²) in [5, 5.41) is 0.625. The Balaban J connectivity index is 2.03. The number of halogens is 1. The van der Waals surface area contributed by atoms with E-state index in [4.69, 9.17) is 26.8 Å². The first kappa shape index (κ1) is 13.6. The van der Waals surface area contributed by atoms with Crippen molar-refractivity contribution in [3.05, 3.63) is 53.1 Å². The first-order valence-electron chi connectivity index (χ1n) is 6.08. The topological polar surface area (TPSA) is 44.5 Å². The normalized spacial score (nSPS) is 10.2. The summed E-state index contributed by atoms with van der Waals surface area (Å²) in [4.78, 5) is 0. The van der Waals surface area contributed by atoms with Crippen LogP contribution in [0.3, 0.4) is 0 Å². The summed E-state index contributed by atoms with van der Waals surface area (Å²) in [5.41, 5.74) is 7.42. The molecule has 100 valence electrons. The van der Waals surface area contributed by atoms with E-state index in [0.29, 0.717) is 23.9 Å². The number of rotatable bonds is 5. The van der Waals surface area contributed by atoms with Crippen molar-refractivity contribution >= 4 is 17.3 Å². The van der Waals surface area contributed by atoms with Crippen LogP contribution in [0.15, 0.2) is 42.5 Å². The SMILES string of the molecule is CCOc1cccc(OCc2ccc(Cl)cc2N)c1. The van der Waals surface area contributed by atoms with Crippen LogP contribution in [0.2, 0.25) is 5.02 Å². The van der Waals surface area contributed by atoms with E-state index in [-0.39, 0.29) is 0 Å². The highest BCUT2D eigenvalue weighted by molar-refractivity contribution is 6.30. The lowest BCUT2D eigenvalue weighted by Gasteiger charge is -2.10. The predicted octanol–water partition coefficient (Wildman–Crippen LogP) is 3.90. The molecule has 19 heavy (non-hydrogen) atoms. The summed E-state index contributed by atoms with van der Waals surface area (Å²) in [6.07, 6.45) is 0. The van der Waals surface area contributed by atoms with Crippen LogP contribution in [0.4, 0.5) is 5.69 Å². The molecule has 0 amide bonds. The van der Waals surface area contributed by atoms with Gasteiger partial charge in [0.1, 0.15) is 18.1 Å². The molecule has 4 heteroatoms. The van der Waals surface area contributed by atoms with Gasteiger partial charge < -0.3 is 15.2 Å². The van der Waals surface area contributed by atoms with Crippen LogP contribution >= 0.6 is 11.6 Å². The van der Waals surface area contributed by atoms with Crippen LogP contribution < -0.4 is 15.2 Å². The number of hydrogen-bond acceptors (Lipinski definition) is 3. The Kier molecular flexibility index (Phi) is 4.53. The van der Waals surface area contributed by atoms with Crippen LogP contribution in [-0.2, 0) is 6.61 Å². The Labute approximate surface area is 117 Å². The lowest BCUT2D eigenvalue weighted by Crippen LogP contribution is -2.00.